The molecule has 8 nitrogen and oxygen atoms in total. The highest BCUT2D eigenvalue weighted by Gasteiger charge is 2.69. The number of carbonyl (C=O) groups is 3. The number of hydrogen-bond acceptors (Lipinski definition) is 7. The van der Waals surface area contributed by atoms with Gasteiger partial charge in [-0.2, -0.15) is 5.26 Å². The summed E-state index contributed by atoms with van der Waals surface area (Å²) in [4.78, 5) is 39.5. The van der Waals surface area contributed by atoms with Gasteiger partial charge in [-0.3, -0.25) is 14.4 Å². The van der Waals surface area contributed by atoms with E-state index in [0.29, 0.717) is 5.89 Å². The van der Waals surface area contributed by atoms with E-state index in [2.05, 4.69) is 50.9 Å². The molecule has 5 aliphatic rings. The van der Waals surface area contributed by atoms with Crippen LogP contribution >= 0.6 is 0 Å². The van der Waals surface area contributed by atoms with Crippen LogP contribution in [-0.4, -0.2) is 27.7 Å². The smallest absolute Gasteiger partial charge is 0.306 e. The number of allylic oxidation sites excluding steroid dienone is 4. The number of fused-ring (bicyclic) bond motifs is 7. The lowest BCUT2D eigenvalue weighted by Gasteiger charge is -2.69. The first-order valence-corrected chi connectivity index (χ1v) is 15.0. The van der Waals surface area contributed by atoms with Crippen molar-refractivity contribution in [2.45, 2.75) is 98.8 Å². The number of nitrogens with zero attached hydrogens (tertiary/aromatic N) is 3. The lowest BCUT2D eigenvalue weighted by atomic mass is 9.34. The number of rotatable bonds is 2. The monoisotopic (exact) mass is 558 g/mol. The summed E-state index contributed by atoms with van der Waals surface area (Å²) in [5.74, 6) is -0.479. The second kappa shape index (κ2) is 8.26. The third-order valence-electron chi connectivity index (χ3n) is 13.2. The molecular weight excluding hydrogens is 516 g/mol. The van der Waals surface area contributed by atoms with Gasteiger partial charge in [0.2, 0.25) is 5.89 Å². The van der Waals surface area contributed by atoms with Crippen molar-refractivity contribution in [1.29, 1.82) is 5.26 Å². The van der Waals surface area contributed by atoms with Gasteiger partial charge in [0.15, 0.2) is 11.6 Å². The van der Waals surface area contributed by atoms with E-state index in [4.69, 9.17) is 10.2 Å². The molecular formula is C33H42N4O4. The topological polar surface area (TPSA) is 140 Å². The molecule has 1 amide bonds. The minimum absolute atomic E-state index is 0.00181. The number of amides is 1. The molecule has 3 saturated carbocycles. The number of Topliss-reactive ketones (excluding diaryl/α,β-unsaturated/α-hetero) is 1. The summed E-state index contributed by atoms with van der Waals surface area (Å²) < 4.78 is 5.76. The van der Waals surface area contributed by atoms with Gasteiger partial charge in [-0.05, 0) is 79.1 Å². The van der Waals surface area contributed by atoms with E-state index < -0.39 is 22.2 Å². The number of carbonyl (C=O) groups excluding carboxylic acids is 3. The van der Waals surface area contributed by atoms with Crippen LogP contribution in [0.2, 0.25) is 0 Å². The zero-order valence-electron chi connectivity index (χ0n) is 25.4. The van der Waals surface area contributed by atoms with Crippen LogP contribution in [0.3, 0.4) is 0 Å². The van der Waals surface area contributed by atoms with Crippen LogP contribution in [0, 0.1) is 56.2 Å². The van der Waals surface area contributed by atoms with Gasteiger partial charge in [0.1, 0.15) is 6.07 Å². The van der Waals surface area contributed by atoms with E-state index >= 15 is 0 Å². The number of hydrogen-bond donors (Lipinski definition) is 1. The highest BCUT2D eigenvalue weighted by molar-refractivity contribution is 6.04. The van der Waals surface area contributed by atoms with E-state index in [-0.39, 0.29) is 57.0 Å². The Kier molecular flexibility index (Phi) is 5.66. The molecule has 6 rings (SSSR count). The molecule has 0 unspecified atom stereocenters. The van der Waals surface area contributed by atoms with Crippen LogP contribution in [0.4, 0.5) is 0 Å². The second-order valence-electron chi connectivity index (χ2n) is 15.6. The van der Waals surface area contributed by atoms with Gasteiger partial charge in [0.05, 0.1) is 5.57 Å². The van der Waals surface area contributed by atoms with Gasteiger partial charge in [0.25, 0.3) is 0 Å². The average Bonchev–Trinajstić information content (AvgIpc) is 3.41. The van der Waals surface area contributed by atoms with Crippen molar-refractivity contribution < 1.29 is 18.8 Å². The van der Waals surface area contributed by atoms with Gasteiger partial charge in [-0.15, -0.1) is 10.2 Å². The molecule has 8 heteroatoms. The van der Waals surface area contributed by atoms with E-state index in [1.165, 1.54) is 0 Å². The largest absolute Gasteiger partial charge is 0.416 e. The Balaban J connectivity index is 1.46. The van der Waals surface area contributed by atoms with Crippen LogP contribution < -0.4 is 5.73 Å². The van der Waals surface area contributed by atoms with Crippen LogP contribution in [0.15, 0.2) is 27.7 Å². The fraction of sp³-hybridized carbons (Fsp3) is 0.697. The molecule has 1 heterocycles. The maximum absolute atomic E-state index is 14.5. The van der Waals surface area contributed by atoms with Gasteiger partial charge < -0.3 is 10.2 Å². The van der Waals surface area contributed by atoms with E-state index in [1.54, 1.807) is 0 Å². The van der Waals surface area contributed by atoms with Crippen molar-refractivity contribution in [3.05, 3.63) is 35.1 Å². The van der Waals surface area contributed by atoms with Crippen LogP contribution in [0.25, 0.3) is 0 Å². The van der Waals surface area contributed by atoms with Crippen LogP contribution in [-0.2, 0) is 15.0 Å². The Hall–Kier alpha value is -3.08. The third kappa shape index (κ3) is 3.41. The van der Waals surface area contributed by atoms with E-state index in [1.807, 2.05) is 26.0 Å². The van der Waals surface area contributed by atoms with Crippen LogP contribution in [0.5, 0.6) is 0 Å². The molecule has 0 bridgehead atoms. The summed E-state index contributed by atoms with van der Waals surface area (Å²) >= 11 is 0. The molecule has 41 heavy (non-hydrogen) atoms. The summed E-state index contributed by atoms with van der Waals surface area (Å²) in [5.41, 5.74) is 4.48. The highest BCUT2D eigenvalue weighted by atomic mass is 16.4. The molecule has 2 N–H and O–H groups in total. The first-order valence-electron chi connectivity index (χ1n) is 15.0. The molecule has 0 aliphatic heterocycles. The standard InChI is InChI=1S/C33H42N4O4/c1-28(2)21-8-9-32(6)22(31(21,5)15-18(17-34)24(28)39)14-20(38)23-19-16-30(4,27-37-36-26(41-27)25(35)40)11-10-29(19,3)12-13-33(23,32)7/h14-15,19,21,23H,8-13,16H2,1-7H3,(H2,35,40)/t19-,21-,23-,29+,30-,31-,32+,33+/m0/s1. The fourth-order valence-electron chi connectivity index (χ4n) is 10.5. The zero-order valence-corrected chi connectivity index (χ0v) is 25.4. The average molecular weight is 559 g/mol. The number of primary amides is 1. The maximum atomic E-state index is 14.5. The maximum Gasteiger partial charge on any atom is 0.306 e. The second-order valence-corrected chi connectivity index (χ2v) is 15.6. The van der Waals surface area contributed by atoms with Gasteiger partial charge in [-0.25, -0.2) is 0 Å². The van der Waals surface area contributed by atoms with Crippen molar-refractivity contribution in [3.63, 3.8) is 0 Å². The van der Waals surface area contributed by atoms with Crippen molar-refractivity contribution in [2.24, 2.45) is 50.6 Å². The lowest BCUT2D eigenvalue weighted by molar-refractivity contribution is -0.166. The Labute approximate surface area is 242 Å². The van der Waals surface area contributed by atoms with Gasteiger partial charge in [0, 0.05) is 22.2 Å². The molecule has 0 aromatic carbocycles. The Bertz CT molecular complexity index is 1500. The summed E-state index contributed by atoms with van der Waals surface area (Å²) in [5, 5.41) is 18.0. The number of aromatic nitrogens is 2. The van der Waals surface area contributed by atoms with E-state index in [0.717, 1.165) is 50.5 Å². The SMILES string of the molecule is CC1(C)C(=O)C(C#N)=C[C@]2(C)C3=CC(=O)[C@@H]4[C@@H]5C[C@@](C)(c6nnc(C(N)=O)o6)CC[C@]5(C)CC[C@@]4(C)[C@]3(C)CC[C@@H]12. The molecule has 3 fully saturated rings. The molecule has 218 valence electrons. The predicted octanol–water partition coefficient (Wildman–Crippen LogP) is 5.64. The fourth-order valence-corrected chi connectivity index (χ4v) is 10.5. The molecule has 1 aromatic rings. The van der Waals surface area contributed by atoms with Crippen molar-refractivity contribution in [1.82, 2.24) is 10.2 Å². The van der Waals surface area contributed by atoms with Gasteiger partial charge >= 0.3 is 11.8 Å². The summed E-state index contributed by atoms with van der Waals surface area (Å²) in [6, 6.07) is 2.18. The van der Waals surface area contributed by atoms with Crippen LogP contribution in [0.1, 0.15) is 110 Å². The molecule has 1 aromatic heterocycles. The Morgan fingerprint density at radius 1 is 1.02 bits per heavy atom. The van der Waals surface area contributed by atoms with Crippen molar-refractivity contribution in [3.8, 4) is 6.07 Å². The van der Waals surface area contributed by atoms with Crippen molar-refractivity contribution in [2.75, 3.05) is 0 Å². The zero-order chi connectivity index (χ0) is 30.0. The lowest BCUT2D eigenvalue weighted by Crippen LogP contribution is -2.64. The Morgan fingerprint density at radius 3 is 2.34 bits per heavy atom. The first-order chi connectivity index (χ1) is 19.0. The normalized spacial score (nSPS) is 44.8. The predicted molar refractivity (Wildman–Crippen MR) is 151 cm³/mol. The highest BCUT2D eigenvalue weighted by Crippen LogP contribution is 2.74. The third-order valence-corrected chi connectivity index (χ3v) is 13.2. The quantitative estimate of drug-likeness (QED) is 0.495. The molecule has 8 atom stereocenters. The number of nitriles is 1. The summed E-state index contributed by atoms with van der Waals surface area (Å²) in [7, 11) is 0. The summed E-state index contributed by atoms with van der Waals surface area (Å²) in [6.07, 6.45) is 10.0. The molecule has 5 aliphatic carbocycles. The number of nitrogens with two attached hydrogens (primary N) is 1. The Morgan fingerprint density at radius 2 is 1.71 bits per heavy atom. The van der Waals surface area contributed by atoms with Gasteiger partial charge in [-0.1, -0.05) is 60.1 Å². The molecule has 0 radical (unpaired) electrons. The van der Waals surface area contributed by atoms with Crippen molar-refractivity contribution >= 4 is 17.5 Å². The minimum atomic E-state index is -0.739. The minimum Gasteiger partial charge on any atom is -0.416 e. The summed E-state index contributed by atoms with van der Waals surface area (Å²) in [6.45, 7) is 15.2. The molecule has 0 saturated heterocycles. The molecule has 0 spiro atoms. The number of ketones is 2. The van der Waals surface area contributed by atoms with E-state index in [9.17, 15) is 19.6 Å². The first kappa shape index (κ1) is 28.1.